The number of amides is 2. The van der Waals surface area contributed by atoms with Gasteiger partial charge in [0.25, 0.3) is 0 Å². The molecule has 0 saturated heterocycles. The number of hydrogen-bond acceptors (Lipinski definition) is 4. The monoisotopic (exact) mass is 524 g/mol. The highest BCUT2D eigenvalue weighted by molar-refractivity contribution is 5.92. The maximum atomic E-state index is 12.4. The molecule has 6 heteroatoms. The molecule has 0 aliphatic heterocycles. The van der Waals surface area contributed by atoms with E-state index in [0.29, 0.717) is 38.9 Å². The number of nitrogens with one attached hydrogen (secondary N) is 2. The predicted molar refractivity (Wildman–Crippen MR) is 157 cm³/mol. The maximum absolute atomic E-state index is 12.4. The highest BCUT2D eigenvalue weighted by Gasteiger charge is 2.07. The molecule has 2 rings (SSSR count). The smallest absolute Gasteiger partial charge is 0.224 e. The molecule has 0 radical (unpaired) electrons. The third-order valence-electron chi connectivity index (χ3n) is 6.33. The van der Waals surface area contributed by atoms with Crippen LogP contribution >= 0.6 is 0 Å². The number of carbonyl (C=O) groups excluding carboxylic acids is 2. The lowest BCUT2D eigenvalue weighted by Gasteiger charge is -2.10. The molecule has 0 aliphatic rings. The van der Waals surface area contributed by atoms with Crippen molar-refractivity contribution in [1.82, 2.24) is 0 Å². The molecule has 2 aromatic rings. The van der Waals surface area contributed by atoms with Crippen molar-refractivity contribution in [2.24, 2.45) is 0 Å². The topological polar surface area (TPSA) is 76.7 Å². The summed E-state index contributed by atoms with van der Waals surface area (Å²) in [5, 5.41) is 5.86. The average Bonchev–Trinajstić information content (AvgIpc) is 2.91. The van der Waals surface area contributed by atoms with E-state index in [1.807, 2.05) is 48.5 Å². The van der Waals surface area contributed by atoms with Crippen molar-refractivity contribution in [2.75, 3.05) is 23.8 Å². The highest BCUT2D eigenvalue weighted by atomic mass is 16.5. The first-order valence-corrected chi connectivity index (χ1v) is 14.7. The lowest BCUT2D eigenvalue weighted by Crippen LogP contribution is -2.13. The summed E-state index contributed by atoms with van der Waals surface area (Å²) in [6.07, 6.45) is 14.0. The van der Waals surface area contributed by atoms with Gasteiger partial charge in [0.2, 0.25) is 11.8 Å². The number of anilines is 2. The second-order valence-electron chi connectivity index (χ2n) is 9.88. The van der Waals surface area contributed by atoms with Crippen molar-refractivity contribution < 1.29 is 19.1 Å². The number of hydrogen-bond donors (Lipinski definition) is 2. The van der Waals surface area contributed by atoms with Crippen LogP contribution in [-0.4, -0.2) is 25.0 Å². The normalized spacial score (nSPS) is 10.7. The van der Waals surface area contributed by atoms with Gasteiger partial charge in [0, 0.05) is 36.3 Å². The van der Waals surface area contributed by atoms with Gasteiger partial charge in [-0.2, -0.15) is 0 Å². The van der Waals surface area contributed by atoms with Gasteiger partial charge in [-0.05, 0) is 49.9 Å². The van der Waals surface area contributed by atoms with E-state index in [0.717, 1.165) is 35.7 Å². The summed E-state index contributed by atoms with van der Waals surface area (Å²) in [6, 6.07) is 15.1. The lowest BCUT2D eigenvalue weighted by atomic mass is 10.1. The first kappa shape index (κ1) is 31.2. The van der Waals surface area contributed by atoms with Crippen LogP contribution in [0.4, 0.5) is 11.4 Å². The Hall–Kier alpha value is -3.02. The van der Waals surface area contributed by atoms with Crippen molar-refractivity contribution in [3.8, 4) is 11.5 Å². The molecule has 210 valence electrons. The van der Waals surface area contributed by atoms with Crippen molar-refractivity contribution >= 4 is 23.2 Å². The number of carbonyl (C=O) groups is 2. The van der Waals surface area contributed by atoms with Crippen LogP contribution in [0.25, 0.3) is 0 Å². The van der Waals surface area contributed by atoms with Crippen LogP contribution in [0.2, 0.25) is 0 Å². The molecule has 6 nitrogen and oxygen atoms in total. The van der Waals surface area contributed by atoms with Crippen LogP contribution in [0.15, 0.2) is 48.5 Å². The summed E-state index contributed by atoms with van der Waals surface area (Å²) in [5.41, 5.74) is 1.47. The summed E-state index contributed by atoms with van der Waals surface area (Å²) in [7, 11) is 0. The van der Waals surface area contributed by atoms with E-state index in [2.05, 4.69) is 24.5 Å². The van der Waals surface area contributed by atoms with Crippen molar-refractivity contribution in [3.05, 3.63) is 48.5 Å². The van der Waals surface area contributed by atoms with Crippen molar-refractivity contribution in [1.29, 1.82) is 0 Å². The van der Waals surface area contributed by atoms with E-state index in [4.69, 9.17) is 9.47 Å². The SMILES string of the molecule is CCCCCCCOc1cccc(NC(=O)CCCCC(=O)Nc2cccc(OCCCCCCC)c2)c1. The van der Waals surface area contributed by atoms with Crippen molar-refractivity contribution in [3.63, 3.8) is 0 Å². The van der Waals surface area contributed by atoms with Crippen LogP contribution in [0.5, 0.6) is 11.5 Å². The van der Waals surface area contributed by atoms with Crippen LogP contribution in [0, 0.1) is 0 Å². The second kappa shape index (κ2) is 20.0. The zero-order valence-electron chi connectivity index (χ0n) is 23.6. The van der Waals surface area contributed by atoms with E-state index in [1.54, 1.807) is 0 Å². The predicted octanol–water partition coefficient (Wildman–Crippen LogP) is 8.52. The number of ether oxygens (including phenoxy) is 2. The maximum Gasteiger partial charge on any atom is 0.224 e. The van der Waals surface area contributed by atoms with Gasteiger partial charge in [0.15, 0.2) is 0 Å². The van der Waals surface area contributed by atoms with Crippen LogP contribution in [-0.2, 0) is 9.59 Å². The number of rotatable bonds is 21. The van der Waals surface area contributed by atoms with E-state index in [9.17, 15) is 9.59 Å². The second-order valence-corrected chi connectivity index (χ2v) is 9.88. The molecule has 2 amide bonds. The Balaban J connectivity index is 1.60. The molecule has 38 heavy (non-hydrogen) atoms. The van der Waals surface area contributed by atoms with E-state index in [1.165, 1.54) is 51.4 Å². The molecular weight excluding hydrogens is 476 g/mol. The summed E-state index contributed by atoms with van der Waals surface area (Å²) in [4.78, 5) is 24.7. The molecule has 0 fully saturated rings. The standard InChI is InChI=1S/C32H48N2O4/c1-3-5-7-9-13-23-37-29-19-15-17-27(25-29)33-31(35)21-11-12-22-32(36)34-28-18-16-20-30(26-28)38-24-14-10-8-6-4-2/h15-20,25-26H,3-14,21-24H2,1-2H3,(H,33,35)(H,34,36). The van der Waals surface area contributed by atoms with Gasteiger partial charge in [0.05, 0.1) is 13.2 Å². The Morgan fingerprint density at radius 2 is 1.00 bits per heavy atom. The Morgan fingerprint density at radius 1 is 0.579 bits per heavy atom. The molecule has 0 saturated carbocycles. The first-order chi connectivity index (χ1) is 18.6. The molecule has 0 bridgehead atoms. The molecule has 0 aromatic heterocycles. The fourth-order valence-electron chi connectivity index (χ4n) is 4.14. The minimum atomic E-state index is -0.0540. The Kier molecular flexibility index (Phi) is 16.4. The van der Waals surface area contributed by atoms with Crippen LogP contribution in [0.1, 0.15) is 104 Å². The van der Waals surface area contributed by atoms with Crippen LogP contribution < -0.4 is 20.1 Å². The van der Waals surface area contributed by atoms with Gasteiger partial charge in [0.1, 0.15) is 11.5 Å². The van der Waals surface area contributed by atoms with Crippen molar-refractivity contribution in [2.45, 2.75) is 104 Å². The summed E-state index contributed by atoms with van der Waals surface area (Å²) >= 11 is 0. The molecular formula is C32H48N2O4. The minimum Gasteiger partial charge on any atom is -0.494 e. The molecule has 0 atom stereocenters. The molecule has 0 unspecified atom stereocenters. The third-order valence-corrected chi connectivity index (χ3v) is 6.33. The minimum absolute atomic E-state index is 0.0540. The Labute approximate surface area is 229 Å². The van der Waals surface area contributed by atoms with E-state index in [-0.39, 0.29) is 11.8 Å². The zero-order chi connectivity index (χ0) is 27.3. The van der Waals surface area contributed by atoms with E-state index < -0.39 is 0 Å². The first-order valence-electron chi connectivity index (χ1n) is 14.7. The number of unbranched alkanes of at least 4 members (excludes halogenated alkanes) is 9. The fraction of sp³-hybridized carbons (Fsp3) is 0.562. The molecule has 2 N–H and O–H groups in total. The van der Waals surface area contributed by atoms with Gasteiger partial charge < -0.3 is 20.1 Å². The van der Waals surface area contributed by atoms with Gasteiger partial charge in [-0.3, -0.25) is 9.59 Å². The number of benzene rings is 2. The largest absolute Gasteiger partial charge is 0.494 e. The summed E-state index contributed by atoms with van der Waals surface area (Å²) < 4.78 is 11.6. The van der Waals surface area contributed by atoms with Gasteiger partial charge >= 0.3 is 0 Å². The zero-order valence-corrected chi connectivity index (χ0v) is 23.6. The van der Waals surface area contributed by atoms with Gasteiger partial charge in [-0.1, -0.05) is 77.3 Å². The van der Waals surface area contributed by atoms with Gasteiger partial charge in [-0.15, -0.1) is 0 Å². The highest BCUT2D eigenvalue weighted by Crippen LogP contribution is 2.20. The lowest BCUT2D eigenvalue weighted by molar-refractivity contribution is -0.118. The Morgan fingerprint density at radius 3 is 1.42 bits per heavy atom. The third kappa shape index (κ3) is 14.7. The molecule has 0 spiro atoms. The van der Waals surface area contributed by atoms with Gasteiger partial charge in [-0.25, -0.2) is 0 Å². The van der Waals surface area contributed by atoms with Crippen LogP contribution in [0.3, 0.4) is 0 Å². The summed E-state index contributed by atoms with van der Waals surface area (Å²) in [5.74, 6) is 1.44. The average molecular weight is 525 g/mol. The quantitative estimate of drug-likeness (QED) is 0.160. The molecule has 2 aromatic carbocycles. The fourth-order valence-corrected chi connectivity index (χ4v) is 4.14. The Bertz CT molecular complexity index is 856. The van der Waals surface area contributed by atoms with E-state index >= 15 is 0 Å². The molecule has 0 aliphatic carbocycles. The summed E-state index contributed by atoms with van der Waals surface area (Å²) in [6.45, 7) is 5.81. The molecule has 0 heterocycles.